The molecule has 0 amide bonds. The lowest BCUT2D eigenvalue weighted by molar-refractivity contribution is 0.403. The zero-order chi connectivity index (χ0) is 18.0. The predicted octanol–water partition coefficient (Wildman–Crippen LogP) is 3.12. The average molecular weight is 371 g/mol. The van der Waals surface area contributed by atoms with Gasteiger partial charge in [0.2, 0.25) is 10.0 Å². The van der Waals surface area contributed by atoms with E-state index in [1.54, 1.807) is 18.2 Å². The van der Waals surface area contributed by atoms with Crippen LogP contribution in [-0.4, -0.2) is 36.0 Å². The Labute approximate surface area is 151 Å². The third kappa shape index (κ3) is 3.47. The summed E-state index contributed by atoms with van der Waals surface area (Å²) >= 11 is 0. The first kappa shape index (κ1) is 16.7. The summed E-state index contributed by atoms with van der Waals surface area (Å²) in [6, 6.07) is 12.8. The molecule has 3 aromatic rings. The SMILES string of the molecule is O=S(=O)(C=Cc1ccccc1)N1CCC(c2noc(-c3ccco3)n2)C1. The van der Waals surface area contributed by atoms with Crippen LogP contribution < -0.4 is 0 Å². The predicted molar refractivity (Wildman–Crippen MR) is 95.3 cm³/mol. The van der Waals surface area contributed by atoms with Crippen molar-refractivity contribution >= 4 is 16.1 Å². The molecule has 1 aliphatic rings. The zero-order valence-electron chi connectivity index (χ0n) is 13.9. The first-order valence-corrected chi connectivity index (χ1v) is 9.73. The fourth-order valence-corrected chi connectivity index (χ4v) is 4.13. The third-order valence-corrected chi connectivity index (χ3v) is 5.81. The number of nitrogens with zero attached hydrogens (tertiary/aromatic N) is 3. The number of benzene rings is 1. The first-order valence-electron chi connectivity index (χ1n) is 8.22. The van der Waals surface area contributed by atoms with E-state index in [2.05, 4.69) is 10.1 Å². The number of sulfonamides is 1. The van der Waals surface area contributed by atoms with Crippen LogP contribution in [0.2, 0.25) is 0 Å². The fraction of sp³-hybridized carbons (Fsp3) is 0.222. The molecule has 2 aromatic heterocycles. The monoisotopic (exact) mass is 371 g/mol. The Hall–Kier alpha value is -2.71. The lowest BCUT2D eigenvalue weighted by Crippen LogP contribution is -2.26. The Balaban J connectivity index is 1.45. The molecule has 0 saturated carbocycles. The van der Waals surface area contributed by atoms with Crippen molar-refractivity contribution in [1.82, 2.24) is 14.4 Å². The van der Waals surface area contributed by atoms with Crippen LogP contribution in [0.3, 0.4) is 0 Å². The highest BCUT2D eigenvalue weighted by molar-refractivity contribution is 7.92. The molecule has 0 radical (unpaired) electrons. The smallest absolute Gasteiger partial charge is 0.293 e. The summed E-state index contributed by atoms with van der Waals surface area (Å²) in [5.74, 6) is 1.20. The molecule has 1 atom stereocenters. The minimum absolute atomic E-state index is 0.0950. The van der Waals surface area contributed by atoms with Crippen LogP contribution in [0.25, 0.3) is 17.7 Å². The number of aromatic nitrogens is 2. The molecular formula is C18H17N3O4S. The maximum Gasteiger partial charge on any atom is 0.293 e. The van der Waals surface area contributed by atoms with Crippen molar-refractivity contribution < 1.29 is 17.4 Å². The summed E-state index contributed by atoms with van der Waals surface area (Å²) in [7, 11) is -3.49. The molecule has 0 aliphatic carbocycles. The van der Waals surface area contributed by atoms with Gasteiger partial charge in [-0.25, -0.2) is 8.42 Å². The molecule has 1 aromatic carbocycles. The standard InChI is InChI=1S/C18H17N3O4S/c22-26(23,12-9-14-5-2-1-3-6-14)21-10-8-15(13-21)17-19-18(25-20-17)16-7-4-11-24-16/h1-7,9,11-12,15H,8,10,13H2. The van der Waals surface area contributed by atoms with Gasteiger partial charge in [-0.15, -0.1) is 0 Å². The minimum atomic E-state index is -3.49. The number of hydrogen-bond donors (Lipinski definition) is 0. The molecule has 8 heteroatoms. The average Bonchev–Trinajstić information content (AvgIpc) is 3.41. The summed E-state index contributed by atoms with van der Waals surface area (Å²) in [4.78, 5) is 4.33. The van der Waals surface area contributed by atoms with Gasteiger partial charge >= 0.3 is 0 Å². The Morgan fingerprint density at radius 2 is 2.00 bits per heavy atom. The highest BCUT2D eigenvalue weighted by Crippen LogP contribution is 2.29. The topological polar surface area (TPSA) is 89.4 Å². The second-order valence-electron chi connectivity index (χ2n) is 6.04. The van der Waals surface area contributed by atoms with Gasteiger partial charge in [0, 0.05) is 24.4 Å². The van der Waals surface area contributed by atoms with E-state index >= 15 is 0 Å². The summed E-state index contributed by atoms with van der Waals surface area (Å²) in [5.41, 5.74) is 0.841. The van der Waals surface area contributed by atoms with E-state index in [1.807, 2.05) is 30.3 Å². The van der Waals surface area contributed by atoms with Crippen LogP contribution in [0, 0.1) is 0 Å². The van der Waals surface area contributed by atoms with Gasteiger partial charge in [0.25, 0.3) is 5.89 Å². The molecule has 26 heavy (non-hydrogen) atoms. The zero-order valence-corrected chi connectivity index (χ0v) is 14.7. The molecule has 1 aliphatic heterocycles. The van der Waals surface area contributed by atoms with Gasteiger partial charge in [-0.05, 0) is 30.2 Å². The largest absolute Gasteiger partial charge is 0.459 e. The van der Waals surface area contributed by atoms with Crippen LogP contribution in [-0.2, 0) is 10.0 Å². The van der Waals surface area contributed by atoms with Crippen molar-refractivity contribution in [2.24, 2.45) is 0 Å². The van der Waals surface area contributed by atoms with Crippen molar-refractivity contribution in [3.63, 3.8) is 0 Å². The van der Waals surface area contributed by atoms with Crippen LogP contribution in [0.1, 0.15) is 23.7 Å². The fourth-order valence-electron chi connectivity index (χ4n) is 2.89. The van der Waals surface area contributed by atoms with E-state index in [4.69, 9.17) is 8.94 Å². The summed E-state index contributed by atoms with van der Waals surface area (Å²) in [5, 5.41) is 5.22. The van der Waals surface area contributed by atoms with E-state index < -0.39 is 10.0 Å². The molecular weight excluding hydrogens is 354 g/mol. The summed E-state index contributed by atoms with van der Waals surface area (Å²) < 4.78 is 37.0. The number of furan rings is 1. The Morgan fingerprint density at radius 3 is 2.77 bits per heavy atom. The van der Waals surface area contributed by atoms with Crippen LogP contribution in [0.4, 0.5) is 0 Å². The van der Waals surface area contributed by atoms with E-state index in [-0.39, 0.29) is 5.92 Å². The van der Waals surface area contributed by atoms with Crippen LogP contribution in [0.15, 0.2) is 63.1 Å². The lowest BCUT2D eigenvalue weighted by atomic mass is 10.1. The third-order valence-electron chi connectivity index (χ3n) is 4.28. The van der Waals surface area contributed by atoms with Crippen molar-refractivity contribution in [1.29, 1.82) is 0 Å². The Kier molecular flexibility index (Phi) is 4.44. The number of rotatable bonds is 5. The highest BCUT2D eigenvalue weighted by atomic mass is 32.2. The minimum Gasteiger partial charge on any atom is -0.459 e. The molecule has 3 heterocycles. The number of hydrogen-bond acceptors (Lipinski definition) is 6. The molecule has 1 saturated heterocycles. The van der Waals surface area contributed by atoms with Gasteiger partial charge < -0.3 is 8.94 Å². The van der Waals surface area contributed by atoms with E-state index in [0.29, 0.717) is 37.0 Å². The molecule has 4 rings (SSSR count). The molecule has 134 valence electrons. The van der Waals surface area contributed by atoms with Gasteiger partial charge in [-0.2, -0.15) is 9.29 Å². The quantitative estimate of drug-likeness (QED) is 0.684. The maximum absolute atomic E-state index is 12.5. The van der Waals surface area contributed by atoms with Gasteiger partial charge in [-0.1, -0.05) is 35.5 Å². The summed E-state index contributed by atoms with van der Waals surface area (Å²) in [6.07, 6.45) is 3.78. The Bertz CT molecular complexity index is 994. The van der Waals surface area contributed by atoms with E-state index in [9.17, 15) is 8.42 Å². The van der Waals surface area contributed by atoms with Crippen molar-refractivity contribution in [3.8, 4) is 11.7 Å². The summed E-state index contributed by atoms with van der Waals surface area (Å²) in [6.45, 7) is 0.759. The van der Waals surface area contributed by atoms with Gasteiger partial charge in [-0.3, -0.25) is 0 Å². The van der Waals surface area contributed by atoms with E-state index in [1.165, 1.54) is 16.0 Å². The second-order valence-corrected chi connectivity index (χ2v) is 7.86. The van der Waals surface area contributed by atoms with Crippen LogP contribution in [0.5, 0.6) is 0 Å². The molecule has 0 spiro atoms. The van der Waals surface area contributed by atoms with Gasteiger partial charge in [0.05, 0.1) is 6.26 Å². The maximum atomic E-state index is 12.5. The first-order chi connectivity index (χ1) is 12.6. The van der Waals surface area contributed by atoms with Crippen LogP contribution >= 0.6 is 0 Å². The normalized spacial score (nSPS) is 18.7. The van der Waals surface area contributed by atoms with Gasteiger partial charge in [0.15, 0.2) is 11.6 Å². The van der Waals surface area contributed by atoms with E-state index in [0.717, 1.165) is 5.56 Å². The van der Waals surface area contributed by atoms with Gasteiger partial charge in [0.1, 0.15) is 0 Å². The molecule has 1 unspecified atom stereocenters. The molecule has 0 bridgehead atoms. The molecule has 7 nitrogen and oxygen atoms in total. The molecule has 1 fully saturated rings. The van der Waals surface area contributed by atoms with Crippen molar-refractivity contribution in [2.75, 3.05) is 13.1 Å². The molecule has 0 N–H and O–H groups in total. The lowest BCUT2D eigenvalue weighted by Gasteiger charge is -2.12. The van der Waals surface area contributed by atoms with Crippen molar-refractivity contribution in [3.05, 3.63) is 65.5 Å². The van der Waals surface area contributed by atoms with Crippen molar-refractivity contribution in [2.45, 2.75) is 12.3 Å². The second kappa shape index (κ2) is 6.89. The Morgan fingerprint density at radius 1 is 1.15 bits per heavy atom. The highest BCUT2D eigenvalue weighted by Gasteiger charge is 2.33.